The maximum atomic E-state index is 13.1. The number of furan rings is 1. The van der Waals surface area contributed by atoms with Crippen molar-refractivity contribution >= 4 is 11.8 Å². The number of aryl methyl sites for hydroxylation is 1. The van der Waals surface area contributed by atoms with E-state index in [1.54, 1.807) is 18.2 Å². The zero-order valence-electron chi connectivity index (χ0n) is 18.3. The molecule has 2 fully saturated rings. The summed E-state index contributed by atoms with van der Waals surface area (Å²) < 4.78 is 10.2. The van der Waals surface area contributed by atoms with E-state index >= 15 is 0 Å². The molecule has 0 radical (unpaired) electrons. The minimum Gasteiger partial charge on any atom is -0.464 e. The highest BCUT2D eigenvalue weighted by Gasteiger charge is 2.59. The molecule has 1 atom stereocenters. The summed E-state index contributed by atoms with van der Waals surface area (Å²) in [6.07, 6.45) is 4.22. The predicted molar refractivity (Wildman–Crippen MR) is 115 cm³/mol. The number of carbonyl (C=O) groups is 2. The van der Waals surface area contributed by atoms with Gasteiger partial charge in [0.2, 0.25) is 5.91 Å². The molecule has 8 heteroatoms. The average molecular weight is 434 g/mol. The number of rotatable bonds is 5. The maximum absolute atomic E-state index is 13.1. The lowest BCUT2D eigenvalue weighted by Crippen LogP contribution is -2.40. The summed E-state index contributed by atoms with van der Waals surface area (Å²) in [5, 5.41) is 7.65. The van der Waals surface area contributed by atoms with Crippen molar-refractivity contribution in [3.05, 3.63) is 59.6 Å². The summed E-state index contributed by atoms with van der Waals surface area (Å²) >= 11 is 0. The van der Waals surface area contributed by atoms with E-state index in [4.69, 9.17) is 9.05 Å². The highest BCUT2D eigenvalue weighted by molar-refractivity contribution is 5.95. The molecule has 1 aliphatic carbocycles. The van der Waals surface area contributed by atoms with Gasteiger partial charge in [-0.25, -0.2) is 4.63 Å². The number of likely N-dealkylation sites (tertiary alicyclic amines) is 1. The zero-order chi connectivity index (χ0) is 22.3. The first kappa shape index (κ1) is 20.5. The normalized spacial score (nSPS) is 19.2. The Labute approximate surface area is 186 Å². The Bertz CT molecular complexity index is 1130. The van der Waals surface area contributed by atoms with Crippen LogP contribution in [0.5, 0.6) is 0 Å². The van der Waals surface area contributed by atoms with Gasteiger partial charge < -0.3 is 14.2 Å². The smallest absolute Gasteiger partial charge is 0.253 e. The summed E-state index contributed by atoms with van der Waals surface area (Å²) in [4.78, 5) is 29.7. The lowest BCUT2D eigenvalue weighted by atomic mass is 9.90. The van der Waals surface area contributed by atoms with Crippen molar-refractivity contribution in [3.63, 3.8) is 0 Å². The van der Waals surface area contributed by atoms with Crippen LogP contribution in [-0.2, 0) is 11.3 Å². The van der Waals surface area contributed by atoms with Gasteiger partial charge in [-0.05, 0) is 55.9 Å². The summed E-state index contributed by atoms with van der Waals surface area (Å²) in [5.41, 5.74) is 2.97. The molecular formula is C24H26N4O4. The van der Waals surface area contributed by atoms with Crippen LogP contribution >= 0.6 is 0 Å². The molecule has 166 valence electrons. The molecule has 1 saturated heterocycles. The third-order valence-corrected chi connectivity index (χ3v) is 6.96. The summed E-state index contributed by atoms with van der Waals surface area (Å²) in [7, 11) is 1.80. The minimum atomic E-state index is 0.0206. The van der Waals surface area contributed by atoms with Gasteiger partial charge in [-0.2, -0.15) is 0 Å². The number of benzene rings is 1. The Morgan fingerprint density at radius 3 is 2.69 bits per heavy atom. The van der Waals surface area contributed by atoms with Gasteiger partial charge in [-0.3, -0.25) is 9.59 Å². The van der Waals surface area contributed by atoms with Crippen molar-refractivity contribution in [2.75, 3.05) is 20.1 Å². The van der Waals surface area contributed by atoms with Crippen LogP contribution in [0.3, 0.4) is 0 Å². The number of piperidine rings is 1. The van der Waals surface area contributed by atoms with Crippen molar-refractivity contribution < 1.29 is 18.6 Å². The fraction of sp³-hybridized carbons (Fsp3) is 0.417. The Hall–Kier alpha value is -3.42. The summed E-state index contributed by atoms with van der Waals surface area (Å²) in [6, 6.07) is 11.3. The van der Waals surface area contributed by atoms with Crippen LogP contribution in [0.2, 0.25) is 0 Å². The highest BCUT2D eigenvalue weighted by atomic mass is 16.6. The molecular weight excluding hydrogens is 408 g/mol. The quantitative estimate of drug-likeness (QED) is 0.610. The summed E-state index contributed by atoms with van der Waals surface area (Å²) in [5.74, 6) is 0.936. The van der Waals surface area contributed by atoms with Crippen LogP contribution in [0, 0.1) is 18.3 Å². The van der Waals surface area contributed by atoms with Gasteiger partial charge in [-0.1, -0.05) is 22.4 Å². The molecule has 5 rings (SSSR count). The van der Waals surface area contributed by atoms with Gasteiger partial charge in [0.15, 0.2) is 0 Å². The molecule has 8 nitrogen and oxygen atoms in total. The molecule has 1 saturated carbocycles. The van der Waals surface area contributed by atoms with E-state index in [1.807, 2.05) is 48.2 Å². The molecule has 1 aromatic carbocycles. The van der Waals surface area contributed by atoms with E-state index in [0.29, 0.717) is 36.6 Å². The van der Waals surface area contributed by atoms with Crippen LogP contribution in [0.4, 0.5) is 0 Å². The van der Waals surface area contributed by atoms with Crippen LogP contribution in [0.15, 0.2) is 51.7 Å². The molecule has 2 aliphatic rings. The van der Waals surface area contributed by atoms with Gasteiger partial charge in [0.25, 0.3) is 5.91 Å². The lowest BCUT2D eigenvalue weighted by Gasteiger charge is -2.33. The standard InChI is InChI=1S/C24H26N4O4/c1-16-20(26-32-25-16)15-27(2)23(30)19-14-24(19)8-10-28(11-9-24)22(29)18-6-3-5-17(13-18)21-7-4-12-31-21/h3-7,12-13,19H,8-11,14-15H2,1-2H3. The fourth-order valence-corrected chi connectivity index (χ4v) is 4.80. The molecule has 32 heavy (non-hydrogen) atoms. The van der Waals surface area contributed by atoms with E-state index in [9.17, 15) is 9.59 Å². The number of aromatic nitrogens is 2. The van der Waals surface area contributed by atoms with Crippen LogP contribution in [0.25, 0.3) is 11.3 Å². The van der Waals surface area contributed by atoms with Crippen molar-refractivity contribution in [3.8, 4) is 11.3 Å². The molecule has 0 N–H and O–H groups in total. The molecule has 1 unspecified atom stereocenters. The number of carbonyl (C=O) groups excluding carboxylic acids is 2. The second-order valence-corrected chi connectivity index (χ2v) is 8.96. The Morgan fingerprint density at radius 1 is 1.19 bits per heavy atom. The number of hydrogen-bond acceptors (Lipinski definition) is 6. The molecule has 3 aromatic rings. The van der Waals surface area contributed by atoms with Crippen LogP contribution in [-0.4, -0.2) is 52.1 Å². The first-order valence-electron chi connectivity index (χ1n) is 10.9. The zero-order valence-corrected chi connectivity index (χ0v) is 18.3. The molecule has 0 bridgehead atoms. The third-order valence-electron chi connectivity index (χ3n) is 6.96. The van der Waals surface area contributed by atoms with Crippen LogP contribution < -0.4 is 0 Å². The fourth-order valence-electron chi connectivity index (χ4n) is 4.80. The van der Waals surface area contributed by atoms with E-state index in [0.717, 1.165) is 30.6 Å². The maximum Gasteiger partial charge on any atom is 0.253 e. The first-order valence-corrected chi connectivity index (χ1v) is 10.9. The minimum absolute atomic E-state index is 0.0206. The number of hydrogen-bond donors (Lipinski definition) is 0. The van der Waals surface area contributed by atoms with Crippen molar-refractivity contribution in [2.45, 2.75) is 32.7 Å². The van der Waals surface area contributed by atoms with Crippen molar-refractivity contribution in [2.24, 2.45) is 11.3 Å². The Kier molecular flexibility index (Phi) is 5.07. The molecule has 1 spiro atoms. The van der Waals surface area contributed by atoms with Crippen molar-refractivity contribution in [1.82, 2.24) is 20.1 Å². The molecule has 1 aliphatic heterocycles. The second kappa shape index (κ2) is 7.93. The van der Waals surface area contributed by atoms with Gasteiger partial charge in [0.1, 0.15) is 17.1 Å². The van der Waals surface area contributed by atoms with E-state index < -0.39 is 0 Å². The van der Waals surface area contributed by atoms with Crippen LogP contribution in [0.1, 0.15) is 41.0 Å². The lowest BCUT2D eigenvalue weighted by molar-refractivity contribution is -0.133. The SMILES string of the molecule is Cc1nonc1CN(C)C(=O)C1CC12CCN(C(=O)c1cccc(-c3ccco3)c1)CC2. The van der Waals surface area contributed by atoms with Gasteiger partial charge >= 0.3 is 0 Å². The van der Waals surface area contributed by atoms with Gasteiger partial charge in [-0.15, -0.1) is 0 Å². The summed E-state index contributed by atoms with van der Waals surface area (Å²) in [6.45, 7) is 3.56. The molecule has 2 amide bonds. The van der Waals surface area contributed by atoms with Gasteiger partial charge in [0, 0.05) is 37.2 Å². The molecule has 3 heterocycles. The van der Waals surface area contributed by atoms with Crippen molar-refractivity contribution in [1.29, 1.82) is 0 Å². The predicted octanol–water partition coefficient (Wildman–Crippen LogP) is 3.54. The van der Waals surface area contributed by atoms with Gasteiger partial charge in [0.05, 0.1) is 12.8 Å². The van der Waals surface area contributed by atoms with E-state index in [-0.39, 0.29) is 23.1 Å². The average Bonchev–Trinajstić information content (AvgIpc) is 3.15. The topological polar surface area (TPSA) is 92.7 Å². The van der Waals surface area contributed by atoms with E-state index in [1.165, 1.54) is 0 Å². The second-order valence-electron chi connectivity index (χ2n) is 8.96. The monoisotopic (exact) mass is 434 g/mol. The highest BCUT2D eigenvalue weighted by Crippen LogP contribution is 2.60. The largest absolute Gasteiger partial charge is 0.464 e. The Balaban J connectivity index is 1.19. The Morgan fingerprint density at radius 2 is 2.00 bits per heavy atom. The third kappa shape index (κ3) is 3.70. The number of nitrogens with zero attached hydrogens (tertiary/aromatic N) is 4. The van der Waals surface area contributed by atoms with E-state index in [2.05, 4.69) is 10.3 Å². The number of amides is 2. The first-order chi connectivity index (χ1) is 15.5. The molecule has 2 aromatic heterocycles.